The molecule has 0 saturated heterocycles. The van der Waals surface area contributed by atoms with Crippen LogP contribution in [0.25, 0.3) is 15.5 Å². The maximum Gasteiger partial charge on any atom is 0.257 e. The van der Waals surface area contributed by atoms with Crippen molar-refractivity contribution in [2.45, 2.75) is 19.8 Å². The quantitative estimate of drug-likeness (QED) is 0.461. The van der Waals surface area contributed by atoms with Crippen molar-refractivity contribution < 1.29 is 4.79 Å². The van der Waals surface area contributed by atoms with Crippen molar-refractivity contribution in [3.05, 3.63) is 63.9 Å². The summed E-state index contributed by atoms with van der Waals surface area (Å²) in [5, 5.41) is 17.4. The van der Waals surface area contributed by atoms with Gasteiger partial charge < -0.3 is 5.32 Å². The third-order valence-electron chi connectivity index (χ3n) is 4.09. The fraction of sp³-hybridized carbons (Fsp3) is 0.158. The molecule has 0 fully saturated rings. The second-order valence-electron chi connectivity index (χ2n) is 6.12. The Bertz CT molecular complexity index is 1150. The van der Waals surface area contributed by atoms with Crippen molar-refractivity contribution in [1.82, 2.24) is 19.8 Å². The molecule has 0 aliphatic heterocycles. The van der Waals surface area contributed by atoms with Gasteiger partial charge in [0.2, 0.25) is 4.96 Å². The number of hydrogen-bond donors (Lipinski definition) is 1. The number of rotatable bonds is 5. The van der Waals surface area contributed by atoms with E-state index in [9.17, 15) is 4.79 Å². The van der Waals surface area contributed by atoms with E-state index in [1.807, 2.05) is 24.3 Å². The number of nitrogens with one attached hydrogen (secondary N) is 1. The molecule has 2 aromatic carbocycles. The van der Waals surface area contributed by atoms with Gasteiger partial charge in [0.05, 0.1) is 10.6 Å². The molecule has 142 valence electrons. The molecule has 2 aromatic heterocycles. The van der Waals surface area contributed by atoms with E-state index < -0.39 is 0 Å². The largest absolute Gasteiger partial charge is 0.322 e. The summed E-state index contributed by atoms with van der Waals surface area (Å²) in [7, 11) is 0. The van der Waals surface area contributed by atoms with Gasteiger partial charge in [-0.3, -0.25) is 4.79 Å². The number of aromatic nitrogens is 4. The third kappa shape index (κ3) is 3.73. The molecule has 0 saturated carbocycles. The zero-order chi connectivity index (χ0) is 19.7. The summed E-state index contributed by atoms with van der Waals surface area (Å²) in [6.07, 6.45) is 1.82. The lowest BCUT2D eigenvalue weighted by Crippen LogP contribution is -2.12. The van der Waals surface area contributed by atoms with E-state index in [0.29, 0.717) is 21.3 Å². The van der Waals surface area contributed by atoms with Crippen molar-refractivity contribution in [3.8, 4) is 10.6 Å². The molecule has 1 amide bonds. The zero-order valence-corrected chi connectivity index (χ0v) is 17.1. The molecule has 0 bridgehead atoms. The highest BCUT2D eigenvalue weighted by Crippen LogP contribution is 2.27. The van der Waals surface area contributed by atoms with E-state index in [0.717, 1.165) is 34.2 Å². The summed E-state index contributed by atoms with van der Waals surface area (Å²) in [4.78, 5) is 13.2. The molecule has 0 aliphatic carbocycles. The predicted molar refractivity (Wildman–Crippen MR) is 113 cm³/mol. The van der Waals surface area contributed by atoms with E-state index in [1.165, 1.54) is 11.3 Å². The minimum atomic E-state index is -0.294. The van der Waals surface area contributed by atoms with Gasteiger partial charge in [-0.25, -0.2) is 0 Å². The Morgan fingerprint density at radius 2 is 1.93 bits per heavy atom. The second-order valence-corrected chi connectivity index (χ2v) is 7.92. The first-order valence-electron chi connectivity index (χ1n) is 8.63. The summed E-state index contributed by atoms with van der Waals surface area (Å²) < 4.78 is 1.79. The van der Waals surface area contributed by atoms with Crippen molar-refractivity contribution in [3.63, 3.8) is 0 Å². The van der Waals surface area contributed by atoms with Gasteiger partial charge in [0.15, 0.2) is 5.82 Å². The molecule has 0 spiro atoms. The molecule has 6 nitrogen and oxygen atoms in total. The Kier molecular flexibility index (Phi) is 5.30. The molecule has 0 aliphatic rings. The number of fused-ring (bicyclic) bond motifs is 1. The summed E-state index contributed by atoms with van der Waals surface area (Å²) in [5.74, 6) is 0.571. The Morgan fingerprint density at radius 1 is 1.14 bits per heavy atom. The van der Waals surface area contributed by atoms with Crippen LogP contribution in [0, 0.1) is 0 Å². The molecule has 4 aromatic rings. The second kappa shape index (κ2) is 7.87. The number of halogens is 2. The van der Waals surface area contributed by atoms with E-state index in [1.54, 1.807) is 22.7 Å². The fourth-order valence-electron chi connectivity index (χ4n) is 2.72. The fourth-order valence-corrected chi connectivity index (χ4v) is 4.08. The SMILES string of the molecule is CCCc1nnc2sc(-c3ccc(NC(=O)c4ccc(Cl)cc4Cl)cc3)nn12. The van der Waals surface area contributed by atoms with Crippen molar-refractivity contribution in [2.75, 3.05) is 5.32 Å². The molecule has 0 unspecified atom stereocenters. The van der Waals surface area contributed by atoms with Crippen LogP contribution in [0.3, 0.4) is 0 Å². The number of amides is 1. The van der Waals surface area contributed by atoms with Crippen LogP contribution in [0.15, 0.2) is 42.5 Å². The average molecular weight is 432 g/mol. The van der Waals surface area contributed by atoms with Gasteiger partial charge in [-0.1, -0.05) is 41.5 Å². The van der Waals surface area contributed by atoms with Gasteiger partial charge in [-0.2, -0.15) is 9.61 Å². The van der Waals surface area contributed by atoms with Gasteiger partial charge in [-0.15, -0.1) is 10.2 Å². The summed E-state index contributed by atoms with van der Waals surface area (Å²) in [6.45, 7) is 2.10. The minimum absolute atomic E-state index is 0.294. The lowest BCUT2D eigenvalue weighted by Gasteiger charge is -2.07. The van der Waals surface area contributed by atoms with Gasteiger partial charge in [-0.05, 0) is 48.9 Å². The van der Waals surface area contributed by atoms with Crippen LogP contribution in [0.4, 0.5) is 5.69 Å². The molecular formula is C19H15Cl2N5OS. The van der Waals surface area contributed by atoms with Crippen LogP contribution in [-0.2, 0) is 6.42 Å². The number of benzene rings is 2. The predicted octanol–water partition coefficient (Wildman–Crippen LogP) is 5.36. The molecule has 2 heterocycles. The maximum absolute atomic E-state index is 12.4. The molecule has 9 heteroatoms. The Hall–Kier alpha value is -2.48. The number of carbonyl (C=O) groups is 1. The van der Waals surface area contributed by atoms with E-state index in [-0.39, 0.29) is 5.91 Å². The summed E-state index contributed by atoms with van der Waals surface area (Å²) in [6, 6.07) is 12.2. The summed E-state index contributed by atoms with van der Waals surface area (Å²) >= 11 is 13.4. The van der Waals surface area contributed by atoms with Crippen LogP contribution < -0.4 is 5.32 Å². The number of carbonyl (C=O) groups excluding carboxylic acids is 1. The van der Waals surface area contributed by atoms with Gasteiger partial charge in [0.25, 0.3) is 5.91 Å². The molecule has 0 radical (unpaired) electrons. The Labute approximate surface area is 175 Å². The zero-order valence-electron chi connectivity index (χ0n) is 14.8. The van der Waals surface area contributed by atoms with E-state index in [2.05, 4.69) is 27.5 Å². The number of anilines is 1. The van der Waals surface area contributed by atoms with E-state index in [4.69, 9.17) is 23.2 Å². The molecule has 0 atom stereocenters. The number of nitrogens with zero attached hydrogens (tertiary/aromatic N) is 4. The Balaban J connectivity index is 1.53. The normalized spacial score (nSPS) is 11.1. The van der Waals surface area contributed by atoms with Crippen LogP contribution in [0.5, 0.6) is 0 Å². The number of hydrogen-bond acceptors (Lipinski definition) is 5. The molecule has 1 N–H and O–H groups in total. The third-order valence-corrected chi connectivity index (χ3v) is 5.59. The monoisotopic (exact) mass is 431 g/mol. The molecular weight excluding hydrogens is 417 g/mol. The van der Waals surface area contributed by atoms with Gasteiger partial charge in [0.1, 0.15) is 5.01 Å². The lowest BCUT2D eigenvalue weighted by molar-refractivity contribution is 0.102. The van der Waals surface area contributed by atoms with Crippen molar-refractivity contribution in [1.29, 1.82) is 0 Å². The smallest absolute Gasteiger partial charge is 0.257 e. The first-order chi connectivity index (χ1) is 13.5. The topological polar surface area (TPSA) is 72.2 Å². The summed E-state index contributed by atoms with van der Waals surface area (Å²) in [5.41, 5.74) is 1.97. The standard InChI is InChI=1S/C19H15Cl2N5OS/c1-2-3-16-23-24-19-26(16)25-18(28-19)11-4-7-13(8-5-11)22-17(27)14-9-6-12(20)10-15(14)21/h4-10H,2-3H2,1H3,(H,22,27). The first kappa shape index (κ1) is 18.9. The van der Waals surface area contributed by atoms with Crippen LogP contribution in [0.1, 0.15) is 29.5 Å². The highest BCUT2D eigenvalue weighted by Gasteiger charge is 2.14. The van der Waals surface area contributed by atoms with Crippen LogP contribution >= 0.6 is 34.5 Å². The van der Waals surface area contributed by atoms with Gasteiger partial charge in [0, 0.05) is 22.7 Å². The Morgan fingerprint density at radius 3 is 2.64 bits per heavy atom. The highest BCUT2D eigenvalue weighted by molar-refractivity contribution is 7.19. The maximum atomic E-state index is 12.4. The first-order valence-corrected chi connectivity index (χ1v) is 10.2. The molecule has 28 heavy (non-hydrogen) atoms. The van der Waals surface area contributed by atoms with Gasteiger partial charge >= 0.3 is 0 Å². The highest BCUT2D eigenvalue weighted by atomic mass is 35.5. The van der Waals surface area contributed by atoms with Crippen LogP contribution in [-0.4, -0.2) is 25.7 Å². The van der Waals surface area contributed by atoms with E-state index >= 15 is 0 Å². The minimum Gasteiger partial charge on any atom is -0.322 e. The number of aryl methyl sites for hydroxylation is 1. The van der Waals surface area contributed by atoms with Crippen molar-refractivity contribution in [2.24, 2.45) is 0 Å². The average Bonchev–Trinajstić information content (AvgIpc) is 3.24. The van der Waals surface area contributed by atoms with Crippen molar-refractivity contribution >= 4 is 51.1 Å². The van der Waals surface area contributed by atoms with Crippen LogP contribution in [0.2, 0.25) is 10.0 Å². The molecule has 4 rings (SSSR count). The lowest BCUT2D eigenvalue weighted by atomic mass is 10.2.